The van der Waals surface area contributed by atoms with Gasteiger partial charge in [-0.2, -0.15) is 0 Å². The van der Waals surface area contributed by atoms with Gasteiger partial charge in [-0.3, -0.25) is 0 Å². The predicted octanol–water partition coefficient (Wildman–Crippen LogP) is 9.46. The van der Waals surface area contributed by atoms with E-state index >= 15 is 0 Å². The molecule has 0 aliphatic heterocycles. The molecule has 34 heavy (non-hydrogen) atoms. The Labute approximate surface area is 221 Å². The normalized spacial score (nSPS) is 9.82. The van der Waals surface area contributed by atoms with Gasteiger partial charge >= 0.3 is 0 Å². The highest BCUT2D eigenvalue weighted by atomic mass is 127. The van der Waals surface area contributed by atoms with E-state index in [1.165, 1.54) is 12.0 Å². The summed E-state index contributed by atoms with van der Waals surface area (Å²) >= 11 is 1.84. The molecule has 3 aromatic rings. The predicted molar refractivity (Wildman–Crippen MR) is 156 cm³/mol. The highest BCUT2D eigenvalue weighted by molar-refractivity contribution is 14.1. The van der Waals surface area contributed by atoms with Crippen molar-refractivity contribution in [3.8, 4) is 28.4 Å². The second-order valence-electron chi connectivity index (χ2n) is 7.66. The van der Waals surface area contributed by atoms with Crippen molar-refractivity contribution < 1.29 is 12.9 Å². The van der Waals surface area contributed by atoms with E-state index in [-0.39, 0.29) is 5.75 Å². The first-order valence-electron chi connectivity index (χ1n) is 12.0. The SMILES string of the molecule is CC.CC.CCC.Cc1ccc(-c2ccc(OC(C)(C)c3ccc(O)cc3)c(N)c2OI)cc1. The molecule has 0 radical (unpaired) electrons. The molecule has 0 amide bonds. The second kappa shape index (κ2) is 16.3. The minimum absolute atomic E-state index is 0.220. The molecule has 0 fully saturated rings. The van der Waals surface area contributed by atoms with E-state index in [0.717, 1.165) is 16.7 Å². The molecule has 0 aliphatic carbocycles. The molecule has 5 heteroatoms. The molecule has 0 heterocycles. The van der Waals surface area contributed by atoms with Crippen LogP contribution in [0.15, 0.2) is 60.7 Å². The lowest BCUT2D eigenvalue weighted by molar-refractivity contribution is 0.110. The molecule has 3 rings (SSSR count). The van der Waals surface area contributed by atoms with Crippen molar-refractivity contribution in [1.82, 2.24) is 0 Å². The van der Waals surface area contributed by atoms with Crippen molar-refractivity contribution in [3.63, 3.8) is 0 Å². The fraction of sp³-hybridized carbons (Fsp3) is 0.379. The molecule has 0 atom stereocenters. The Bertz CT molecular complexity index is 952. The average Bonchev–Trinajstić information content (AvgIpc) is 2.84. The summed E-state index contributed by atoms with van der Waals surface area (Å²) in [5.41, 5.74) is 10.3. The third kappa shape index (κ3) is 9.09. The molecule has 0 saturated carbocycles. The lowest BCUT2D eigenvalue weighted by Crippen LogP contribution is -2.25. The van der Waals surface area contributed by atoms with Crippen LogP contribution < -0.4 is 13.5 Å². The Morgan fingerprint density at radius 2 is 1.35 bits per heavy atom. The highest BCUT2D eigenvalue weighted by Gasteiger charge is 2.25. The summed E-state index contributed by atoms with van der Waals surface area (Å²) in [6.07, 6.45) is 1.25. The third-order valence-corrected chi connectivity index (χ3v) is 4.96. The molecular weight excluding hydrogens is 537 g/mol. The van der Waals surface area contributed by atoms with E-state index in [1.54, 1.807) is 12.1 Å². The Morgan fingerprint density at radius 1 is 0.853 bits per heavy atom. The zero-order valence-electron chi connectivity index (χ0n) is 22.2. The summed E-state index contributed by atoms with van der Waals surface area (Å²) < 4.78 is 11.8. The topological polar surface area (TPSA) is 64.7 Å². The van der Waals surface area contributed by atoms with Crippen LogP contribution in [0.2, 0.25) is 0 Å². The van der Waals surface area contributed by atoms with Crippen LogP contribution in [0.4, 0.5) is 5.69 Å². The number of anilines is 1. The fourth-order valence-corrected chi connectivity index (χ4v) is 3.39. The number of phenolic OH excluding ortho intramolecular Hbond substituents is 1. The van der Waals surface area contributed by atoms with Crippen LogP contribution in [0.25, 0.3) is 11.1 Å². The van der Waals surface area contributed by atoms with Crippen molar-refractivity contribution in [3.05, 3.63) is 71.8 Å². The quantitative estimate of drug-likeness (QED) is 0.233. The number of halogens is 1. The Balaban J connectivity index is 0.00000141. The number of aromatic hydroxyl groups is 1. The molecule has 4 nitrogen and oxygen atoms in total. The van der Waals surface area contributed by atoms with Crippen LogP contribution in [0, 0.1) is 6.92 Å². The first-order chi connectivity index (χ1) is 16.2. The van der Waals surface area contributed by atoms with Gasteiger partial charge in [-0.05, 0) is 56.2 Å². The van der Waals surface area contributed by atoms with Gasteiger partial charge in [-0.15, -0.1) is 0 Å². The van der Waals surface area contributed by atoms with Crippen LogP contribution >= 0.6 is 23.0 Å². The Kier molecular flexibility index (Phi) is 15.1. The van der Waals surface area contributed by atoms with Gasteiger partial charge in [0, 0.05) is 5.56 Å². The van der Waals surface area contributed by atoms with Gasteiger partial charge < -0.3 is 18.6 Å². The van der Waals surface area contributed by atoms with Gasteiger partial charge in [-0.1, -0.05) is 89.9 Å². The zero-order chi connectivity index (χ0) is 26.3. The van der Waals surface area contributed by atoms with Crippen LogP contribution in [0.3, 0.4) is 0 Å². The summed E-state index contributed by atoms with van der Waals surface area (Å²) in [5.74, 6) is 1.35. The number of nitrogen functional groups attached to an aromatic ring is 1. The molecule has 188 valence electrons. The largest absolute Gasteiger partial charge is 0.508 e. The number of rotatable bonds is 5. The summed E-state index contributed by atoms with van der Waals surface area (Å²) in [7, 11) is 0. The van der Waals surface area contributed by atoms with Gasteiger partial charge in [0.2, 0.25) is 0 Å². The van der Waals surface area contributed by atoms with E-state index in [0.29, 0.717) is 17.2 Å². The summed E-state index contributed by atoms with van der Waals surface area (Å²) in [6.45, 7) is 18.2. The molecule has 0 bridgehead atoms. The number of hydrogen-bond acceptors (Lipinski definition) is 4. The first kappa shape index (κ1) is 31.6. The van der Waals surface area contributed by atoms with Crippen molar-refractivity contribution in [2.75, 3.05) is 5.73 Å². The van der Waals surface area contributed by atoms with E-state index in [1.807, 2.05) is 101 Å². The zero-order valence-corrected chi connectivity index (χ0v) is 24.4. The number of ether oxygens (including phenoxy) is 1. The minimum atomic E-state index is -0.629. The Hall–Kier alpha value is -2.41. The average molecular weight is 580 g/mol. The third-order valence-electron chi connectivity index (χ3n) is 4.52. The van der Waals surface area contributed by atoms with Crippen molar-refractivity contribution in [2.45, 2.75) is 74.3 Å². The molecule has 3 aromatic carbocycles. The lowest BCUT2D eigenvalue weighted by Gasteiger charge is -2.28. The maximum atomic E-state index is 9.50. The van der Waals surface area contributed by atoms with E-state index < -0.39 is 5.60 Å². The van der Waals surface area contributed by atoms with Gasteiger partial charge in [0.25, 0.3) is 0 Å². The lowest BCUT2D eigenvalue weighted by atomic mass is 9.97. The second-order valence-corrected chi connectivity index (χ2v) is 8.10. The van der Waals surface area contributed by atoms with E-state index in [4.69, 9.17) is 13.5 Å². The molecule has 0 aromatic heterocycles. The van der Waals surface area contributed by atoms with Crippen molar-refractivity contribution in [2.24, 2.45) is 0 Å². The number of hydrogen-bond donors (Lipinski definition) is 2. The Morgan fingerprint density at radius 3 is 1.82 bits per heavy atom. The monoisotopic (exact) mass is 579 g/mol. The number of aryl methyl sites for hydroxylation is 1. The van der Waals surface area contributed by atoms with E-state index in [2.05, 4.69) is 32.9 Å². The first-order valence-corrected chi connectivity index (χ1v) is 12.9. The summed E-state index contributed by atoms with van der Waals surface area (Å²) in [6, 6.07) is 19.0. The van der Waals surface area contributed by atoms with Crippen LogP contribution in [0.5, 0.6) is 17.2 Å². The summed E-state index contributed by atoms with van der Waals surface area (Å²) in [4.78, 5) is 0. The van der Waals surface area contributed by atoms with E-state index in [9.17, 15) is 5.11 Å². The maximum Gasteiger partial charge on any atom is 0.192 e. The van der Waals surface area contributed by atoms with Gasteiger partial charge in [0.1, 0.15) is 22.8 Å². The van der Waals surface area contributed by atoms with Gasteiger partial charge in [0.05, 0.1) is 0 Å². The minimum Gasteiger partial charge on any atom is -0.508 e. The molecular formula is C29H42INO3. The van der Waals surface area contributed by atoms with Crippen LogP contribution in [0.1, 0.15) is 72.9 Å². The highest BCUT2D eigenvalue weighted by Crippen LogP contribution is 2.43. The molecule has 0 unspecified atom stereocenters. The number of nitrogens with two attached hydrogens (primary N) is 1. The molecule has 0 spiro atoms. The van der Waals surface area contributed by atoms with Crippen LogP contribution in [-0.4, -0.2) is 5.11 Å². The van der Waals surface area contributed by atoms with Gasteiger partial charge in [-0.25, -0.2) is 0 Å². The van der Waals surface area contributed by atoms with Crippen molar-refractivity contribution >= 4 is 28.7 Å². The van der Waals surface area contributed by atoms with Crippen molar-refractivity contribution in [1.29, 1.82) is 0 Å². The maximum absolute atomic E-state index is 9.50. The molecule has 3 N–H and O–H groups in total. The molecule has 0 aliphatic rings. The smallest absolute Gasteiger partial charge is 0.192 e. The summed E-state index contributed by atoms with van der Waals surface area (Å²) in [5, 5.41) is 9.50. The fourth-order valence-electron chi connectivity index (χ4n) is 2.91. The number of benzene rings is 3. The molecule has 0 saturated heterocycles. The van der Waals surface area contributed by atoms with Gasteiger partial charge in [0.15, 0.2) is 28.8 Å². The standard InChI is InChI=1S/C22H22INO3.C3H8.2C2H6/c1-14-4-6-15(7-5-14)18-12-13-19(20(24)21(18)27-23)26-22(2,3)16-8-10-17(25)11-9-16;1-3-2;2*1-2/h4-13,25H,24H2,1-3H3;3H2,1-2H3;2*1-2H3. The number of phenols is 1. The van der Waals surface area contributed by atoms with Crippen LogP contribution in [-0.2, 0) is 5.60 Å².